The van der Waals surface area contributed by atoms with Crippen LogP contribution in [-0.2, 0) is 4.79 Å². The van der Waals surface area contributed by atoms with Crippen LogP contribution in [0.15, 0.2) is 24.3 Å². The highest BCUT2D eigenvalue weighted by Crippen LogP contribution is 2.30. The maximum atomic E-state index is 12.5. The van der Waals surface area contributed by atoms with Gasteiger partial charge in [-0.2, -0.15) is 0 Å². The first kappa shape index (κ1) is 17.0. The lowest BCUT2D eigenvalue weighted by Gasteiger charge is -2.38. The van der Waals surface area contributed by atoms with Crippen molar-refractivity contribution in [2.75, 3.05) is 0 Å². The number of carbonyl (C=O) groups excluding carboxylic acids is 1. The Kier molecular flexibility index (Phi) is 5.22. The van der Waals surface area contributed by atoms with Crippen LogP contribution in [0.4, 0.5) is 0 Å². The highest BCUT2D eigenvalue weighted by molar-refractivity contribution is 6.30. The molecule has 112 valence electrons. The Morgan fingerprint density at radius 1 is 1.35 bits per heavy atom. The van der Waals surface area contributed by atoms with Gasteiger partial charge in [-0.25, -0.2) is 0 Å². The summed E-state index contributed by atoms with van der Waals surface area (Å²) in [6.45, 7) is 9.51. The van der Waals surface area contributed by atoms with Gasteiger partial charge in [-0.05, 0) is 51.8 Å². The highest BCUT2D eigenvalue weighted by Gasteiger charge is 2.40. The fourth-order valence-corrected chi connectivity index (χ4v) is 1.97. The molecule has 0 saturated carbocycles. The molecule has 0 aliphatic rings. The van der Waals surface area contributed by atoms with Crippen molar-refractivity contribution < 1.29 is 4.79 Å². The number of rotatable bonds is 5. The molecule has 0 heterocycles. The zero-order chi connectivity index (χ0) is 15.6. The van der Waals surface area contributed by atoms with E-state index in [2.05, 4.69) is 5.32 Å². The number of hydrogen-bond donors (Lipinski definition) is 2. The molecule has 20 heavy (non-hydrogen) atoms. The van der Waals surface area contributed by atoms with Gasteiger partial charge in [-0.1, -0.05) is 30.7 Å². The molecule has 1 aromatic carbocycles. The summed E-state index contributed by atoms with van der Waals surface area (Å²) in [5.74, 6) is -0.0446. The molecule has 0 radical (unpaired) electrons. The fraction of sp³-hybridized carbons (Fsp3) is 0.562. The number of amides is 1. The first-order valence-corrected chi connectivity index (χ1v) is 7.32. The maximum absolute atomic E-state index is 12.5. The van der Waals surface area contributed by atoms with E-state index in [9.17, 15) is 4.79 Å². The Labute approximate surface area is 126 Å². The Balaban J connectivity index is 2.92. The first-order chi connectivity index (χ1) is 9.09. The first-order valence-electron chi connectivity index (χ1n) is 6.95. The lowest BCUT2D eigenvalue weighted by molar-refractivity contribution is -0.133. The molecule has 0 spiro atoms. The van der Waals surface area contributed by atoms with E-state index in [-0.39, 0.29) is 11.9 Å². The van der Waals surface area contributed by atoms with Gasteiger partial charge in [0, 0.05) is 10.6 Å². The van der Waals surface area contributed by atoms with Gasteiger partial charge in [0.05, 0.1) is 11.5 Å². The van der Waals surface area contributed by atoms with E-state index in [0.29, 0.717) is 5.02 Å². The highest BCUT2D eigenvalue weighted by atomic mass is 35.5. The molecule has 3 N–H and O–H groups in total. The molecule has 0 fully saturated rings. The summed E-state index contributed by atoms with van der Waals surface area (Å²) in [6.07, 6.45) is 0.799. The maximum Gasteiger partial charge on any atom is 0.227 e. The van der Waals surface area contributed by atoms with Crippen LogP contribution in [0.25, 0.3) is 0 Å². The molecule has 0 aromatic heterocycles. The molecular formula is C16H25ClN2O. The van der Waals surface area contributed by atoms with Crippen LogP contribution in [-0.4, -0.2) is 11.4 Å². The molecule has 4 heteroatoms. The minimum Gasteiger partial charge on any atom is -0.349 e. The monoisotopic (exact) mass is 296 g/mol. The molecule has 1 atom stereocenters. The largest absolute Gasteiger partial charge is 0.349 e. The molecule has 3 nitrogen and oxygen atoms in total. The van der Waals surface area contributed by atoms with Crippen LogP contribution >= 0.6 is 11.6 Å². The van der Waals surface area contributed by atoms with Gasteiger partial charge in [-0.3, -0.25) is 4.79 Å². The second kappa shape index (κ2) is 6.15. The quantitative estimate of drug-likeness (QED) is 0.871. The minimum absolute atomic E-state index is 0.0446. The third kappa shape index (κ3) is 3.74. The average molecular weight is 297 g/mol. The zero-order valence-electron chi connectivity index (χ0n) is 13.0. The average Bonchev–Trinajstić information content (AvgIpc) is 2.34. The van der Waals surface area contributed by atoms with Crippen molar-refractivity contribution in [2.45, 2.75) is 52.6 Å². The van der Waals surface area contributed by atoms with E-state index >= 15 is 0 Å². The number of carbonyl (C=O) groups is 1. The van der Waals surface area contributed by atoms with Crippen molar-refractivity contribution in [2.24, 2.45) is 11.1 Å². The summed E-state index contributed by atoms with van der Waals surface area (Å²) in [5, 5.41) is 3.75. The molecular weight excluding hydrogens is 272 g/mol. The molecule has 1 amide bonds. The predicted molar refractivity (Wildman–Crippen MR) is 84.7 cm³/mol. The van der Waals surface area contributed by atoms with E-state index in [4.69, 9.17) is 17.3 Å². The van der Waals surface area contributed by atoms with Crippen molar-refractivity contribution >= 4 is 17.5 Å². The number of benzene rings is 1. The summed E-state index contributed by atoms with van der Waals surface area (Å²) < 4.78 is 0. The Morgan fingerprint density at radius 3 is 2.40 bits per heavy atom. The molecule has 0 aliphatic heterocycles. The van der Waals surface area contributed by atoms with Crippen LogP contribution in [0.5, 0.6) is 0 Å². The third-order valence-electron chi connectivity index (χ3n) is 4.14. The fourth-order valence-electron chi connectivity index (χ4n) is 1.78. The van der Waals surface area contributed by atoms with Crippen molar-refractivity contribution in [1.29, 1.82) is 0 Å². The second-order valence-electron chi connectivity index (χ2n) is 6.34. The second-order valence-corrected chi connectivity index (χ2v) is 6.77. The Morgan fingerprint density at radius 2 is 1.95 bits per heavy atom. The molecule has 1 rings (SSSR count). The summed E-state index contributed by atoms with van der Waals surface area (Å²) in [4.78, 5) is 12.5. The van der Waals surface area contributed by atoms with Gasteiger partial charge in [0.25, 0.3) is 0 Å². The van der Waals surface area contributed by atoms with Gasteiger partial charge in [0.15, 0.2) is 0 Å². The predicted octanol–water partition coefficient (Wildman–Crippen LogP) is 3.67. The van der Waals surface area contributed by atoms with E-state index in [0.717, 1.165) is 12.0 Å². The summed E-state index contributed by atoms with van der Waals surface area (Å²) in [5.41, 5.74) is 5.88. The van der Waals surface area contributed by atoms with Crippen LogP contribution in [0.3, 0.4) is 0 Å². The van der Waals surface area contributed by atoms with Crippen LogP contribution in [0.2, 0.25) is 5.02 Å². The van der Waals surface area contributed by atoms with E-state index in [1.54, 1.807) is 0 Å². The Hall–Kier alpha value is -1.06. The van der Waals surface area contributed by atoms with E-state index in [1.807, 2.05) is 58.9 Å². The van der Waals surface area contributed by atoms with Gasteiger partial charge >= 0.3 is 0 Å². The van der Waals surface area contributed by atoms with Crippen molar-refractivity contribution in [3.63, 3.8) is 0 Å². The van der Waals surface area contributed by atoms with Crippen molar-refractivity contribution in [3.8, 4) is 0 Å². The van der Waals surface area contributed by atoms with Gasteiger partial charge in [-0.15, -0.1) is 0 Å². The normalized spacial score (nSPS) is 13.9. The third-order valence-corrected chi connectivity index (χ3v) is 4.38. The van der Waals surface area contributed by atoms with Crippen molar-refractivity contribution in [1.82, 2.24) is 5.32 Å². The van der Waals surface area contributed by atoms with Crippen LogP contribution < -0.4 is 11.1 Å². The van der Waals surface area contributed by atoms with Gasteiger partial charge in [0.2, 0.25) is 5.91 Å². The molecule has 0 aliphatic carbocycles. The Bertz CT molecular complexity index is 478. The van der Waals surface area contributed by atoms with Gasteiger partial charge in [0.1, 0.15) is 0 Å². The molecule has 1 unspecified atom stereocenters. The minimum atomic E-state index is -0.654. The molecule has 1 aromatic rings. The van der Waals surface area contributed by atoms with E-state index < -0.39 is 11.0 Å². The van der Waals surface area contributed by atoms with Crippen LogP contribution in [0, 0.1) is 5.41 Å². The SMILES string of the molecule is CCC(NC(=O)C(C)(C)C(C)(C)N)c1cccc(Cl)c1. The lowest BCUT2D eigenvalue weighted by Crippen LogP contribution is -2.55. The number of halogens is 1. The van der Waals surface area contributed by atoms with Gasteiger partial charge < -0.3 is 11.1 Å². The zero-order valence-corrected chi connectivity index (χ0v) is 13.7. The van der Waals surface area contributed by atoms with Crippen LogP contribution in [0.1, 0.15) is 52.6 Å². The summed E-state index contributed by atoms with van der Waals surface area (Å²) in [7, 11) is 0. The number of nitrogens with one attached hydrogen (secondary N) is 1. The smallest absolute Gasteiger partial charge is 0.227 e. The molecule has 0 saturated heterocycles. The molecule has 0 bridgehead atoms. The summed E-state index contributed by atoms with van der Waals surface area (Å²) in [6, 6.07) is 7.52. The topological polar surface area (TPSA) is 55.1 Å². The summed E-state index contributed by atoms with van der Waals surface area (Å²) >= 11 is 6.01. The van der Waals surface area contributed by atoms with E-state index in [1.165, 1.54) is 0 Å². The number of nitrogens with two attached hydrogens (primary N) is 1. The van der Waals surface area contributed by atoms with Crippen molar-refractivity contribution in [3.05, 3.63) is 34.9 Å². The number of hydrogen-bond acceptors (Lipinski definition) is 2. The standard InChI is InChI=1S/C16H25ClN2O/c1-6-13(11-8-7-9-12(17)10-11)19-14(20)15(2,3)16(4,5)18/h7-10,13H,6,18H2,1-5H3,(H,19,20). The lowest BCUT2D eigenvalue weighted by atomic mass is 9.74.